The summed E-state index contributed by atoms with van der Waals surface area (Å²) in [4.78, 5) is 10.9. The zero-order valence-corrected chi connectivity index (χ0v) is 9.22. The molecule has 0 saturated carbocycles. The summed E-state index contributed by atoms with van der Waals surface area (Å²) in [5.74, 6) is -0.522. The highest BCUT2D eigenvalue weighted by atomic mass is 32.2. The van der Waals surface area contributed by atoms with Crippen molar-refractivity contribution in [3.05, 3.63) is 0 Å². The summed E-state index contributed by atoms with van der Waals surface area (Å²) < 4.78 is 33.7. The van der Waals surface area contributed by atoms with E-state index in [9.17, 15) is 13.2 Å². The monoisotopic (exact) mass is 225 g/mol. The van der Waals surface area contributed by atoms with E-state index in [2.05, 4.69) is 5.32 Å². The molecule has 0 unspecified atom stereocenters. The maximum Gasteiger partial charge on any atom is 0.407 e. The quantitative estimate of drug-likeness (QED) is 0.678. The Labute approximate surface area is 83.4 Å². The van der Waals surface area contributed by atoms with Crippen LogP contribution in [0.3, 0.4) is 0 Å². The molecule has 0 aromatic heterocycles. The highest BCUT2D eigenvalue weighted by Gasteiger charge is 2.16. The van der Waals surface area contributed by atoms with Gasteiger partial charge in [0.05, 0.1) is 5.75 Å². The van der Waals surface area contributed by atoms with E-state index in [4.69, 9.17) is 9.29 Å². The molecule has 0 radical (unpaired) electrons. The van der Waals surface area contributed by atoms with E-state index in [0.29, 0.717) is 0 Å². The van der Waals surface area contributed by atoms with Crippen molar-refractivity contribution in [3.63, 3.8) is 0 Å². The lowest BCUT2D eigenvalue weighted by Crippen LogP contribution is -2.34. The van der Waals surface area contributed by atoms with Crippen molar-refractivity contribution >= 4 is 16.2 Å². The van der Waals surface area contributed by atoms with Crippen LogP contribution in [0.5, 0.6) is 0 Å². The largest absolute Gasteiger partial charge is 0.444 e. The van der Waals surface area contributed by atoms with Crippen molar-refractivity contribution in [2.24, 2.45) is 0 Å². The topological polar surface area (TPSA) is 92.7 Å². The van der Waals surface area contributed by atoms with Crippen molar-refractivity contribution in [1.82, 2.24) is 5.32 Å². The van der Waals surface area contributed by atoms with E-state index in [-0.39, 0.29) is 6.54 Å². The van der Waals surface area contributed by atoms with E-state index in [1.807, 2.05) is 0 Å². The van der Waals surface area contributed by atoms with Crippen LogP contribution in [0.15, 0.2) is 0 Å². The number of carbonyl (C=O) groups excluding carboxylic acids is 1. The molecule has 1 amide bonds. The normalized spacial score (nSPS) is 12.3. The Morgan fingerprint density at radius 2 is 1.93 bits per heavy atom. The molecule has 0 fully saturated rings. The first-order valence-electron chi connectivity index (χ1n) is 4.02. The van der Waals surface area contributed by atoms with E-state index >= 15 is 0 Å². The van der Waals surface area contributed by atoms with Crippen molar-refractivity contribution in [3.8, 4) is 0 Å². The lowest BCUT2D eigenvalue weighted by molar-refractivity contribution is 0.0531. The molecule has 0 aromatic rings. The number of hydrogen-bond donors (Lipinski definition) is 2. The molecule has 2 N–H and O–H groups in total. The summed E-state index contributed by atoms with van der Waals surface area (Å²) in [6.45, 7) is 4.90. The van der Waals surface area contributed by atoms with Gasteiger partial charge < -0.3 is 10.1 Å². The zero-order chi connectivity index (χ0) is 11.4. The van der Waals surface area contributed by atoms with Crippen LogP contribution in [-0.2, 0) is 14.9 Å². The molecular weight excluding hydrogens is 210 g/mol. The smallest absolute Gasteiger partial charge is 0.407 e. The van der Waals surface area contributed by atoms with Gasteiger partial charge in [0.25, 0.3) is 10.1 Å². The van der Waals surface area contributed by atoms with E-state index in [0.717, 1.165) is 0 Å². The summed E-state index contributed by atoms with van der Waals surface area (Å²) in [5.41, 5.74) is -0.623. The molecular formula is C7H15NO5S. The second-order valence-electron chi connectivity index (χ2n) is 3.71. The zero-order valence-electron chi connectivity index (χ0n) is 8.40. The number of nitrogens with one attached hydrogen (secondary N) is 1. The minimum atomic E-state index is -4.03. The molecule has 7 heteroatoms. The summed E-state index contributed by atoms with van der Waals surface area (Å²) in [5, 5.41) is 2.20. The molecule has 0 atom stereocenters. The third-order valence-corrected chi connectivity index (χ3v) is 1.75. The molecule has 0 bridgehead atoms. The summed E-state index contributed by atoms with van der Waals surface area (Å²) in [7, 11) is -4.03. The Morgan fingerprint density at radius 1 is 1.43 bits per heavy atom. The number of amides is 1. The average Bonchev–Trinajstić information content (AvgIpc) is 1.78. The van der Waals surface area contributed by atoms with E-state index in [1.54, 1.807) is 20.8 Å². The fourth-order valence-corrected chi connectivity index (χ4v) is 0.956. The first kappa shape index (κ1) is 13.2. The van der Waals surface area contributed by atoms with Crippen molar-refractivity contribution in [2.75, 3.05) is 12.3 Å². The minimum absolute atomic E-state index is 0.173. The second-order valence-corrected chi connectivity index (χ2v) is 5.29. The fraction of sp³-hybridized carbons (Fsp3) is 0.857. The van der Waals surface area contributed by atoms with Crippen LogP contribution >= 0.6 is 0 Å². The molecule has 0 rings (SSSR count). The Balaban J connectivity index is 3.77. The standard InChI is InChI=1S/C7H15NO5S/c1-7(2,3)13-6(9)8-4-5-14(10,11)12/h4-5H2,1-3H3,(H,8,9)(H,10,11,12). The predicted molar refractivity (Wildman–Crippen MR) is 50.7 cm³/mol. The van der Waals surface area contributed by atoms with Crippen LogP contribution in [-0.4, -0.2) is 37.0 Å². The summed E-state index contributed by atoms with van der Waals surface area (Å²) in [6.07, 6.45) is -0.707. The van der Waals surface area contributed by atoms with Gasteiger partial charge in [-0.25, -0.2) is 4.79 Å². The van der Waals surface area contributed by atoms with Gasteiger partial charge in [0, 0.05) is 6.54 Å². The van der Waals surface area contributed by atoms with Gasteiger partial charge in [-0.15, -0.1) is 0 Å². The average molecular weight is 225 g/mol. The van der Waals surface area contributed by atoms with Crippen molar-refractivity contribution in [2.45, 2.75) is 26.4 Å². The lowest BCUT2D eigenvalue weighted by atomic mass is 10.2. The van der Waals surface area contributed by atoms with Crippen LogP contribution < -0.4 is 5.32 Å². The Kier molecular flexibility index (Phi) is 4.34. The van der Waals surface area contributed by atoms with Gasteiger partial charge in [0.2, 0.25) is 0 Å². The van der Waals surface area contributed by atoms with Gasteiger partial charge >= 0.3 is 6.09 Å². The van der Waals surface area contributed by atoms with Gasteiger partial charge in [-0.1, -0.05) is 0 Å². The van der Waals surface area contributed by atoms with Gasteiger partial charge in [-0.2, -0.15) is 8.42 Å². The Morgan fingerprint density at radius 3 is 2.29 bits per heavy atom. The number of carbonyl (C=O) groups is 1. The number of alkyl carbamates (subject to hydrolysis) is 1. The van der Waals surface area contributed by atoms with E-state index < -0.39 is 27.6 Å². The SMILES string of the molecule is CC(C)(C)OC(=O)NCCS(=O)(=O)O. The summed E-state index contributed by atoms with van der Waals surface area (Å²) in [6, 6.07) is 0. The van der Waals surface area contributed by atoms with Crippen LogP contribution in [0.2, 0.25) is 0 Å². The molecule has 0 aliphatic rings. The third kappa shape index (κ3) is 9.27. The molecule has 84 valence electrons. The molecule has 0 saturated heterocycles. The van der Waals surface area contributed by atoms with Crippen LogP contribution in [0.4, 0.5) is 4.79 Å². The number of ether oxygens (including phenoxy) is 1. The first-order valence-corrected chi connectivity index (χ1v) is 5.63. The van der Waals surface area contributed by atoms with Gasteiger partial charge in [0.15, 0.2) is 0 Å². The first-order chi connectivity index (χ1) is 6.10. The summed E-state index contributed by atoms with van der Waals surface area (Å²) >= 11 is 0. The van der Waals surface area contributed by atoms with Crippen LogP contribution in [0.1, 0.15) is 20.8 Å². The molecule has 6 nitrogen and oxygen atoms in total. The molecule has 0 aliphatic carbocycles. The second kappa shape index (κ2) is 4.61. The molecule has 0 aromatic carbocycles. The Bertz CT molecular complexity index is 290. The maximum atomic E-state index is 10.9. The van der Waals surface area contributed by atoms with Gasteiger partial charge in [-0.3, -0.25) is 4.55 Å². The van der Waals surface area contributed by atoms with Gasteiger partial charge in [0.1, 0.15) is 5.60 Å². The highest BCUT2D eigenvalue weighted by molar-refractivity contribution is 7.85. The maximum absolute atomic E-state index is 10.9. The predicted octanol–water partition coefficient (Wildman–Crippen LogP) is 0.399. The Hall–Kier alpha value is -0.820. The highest BCUT2D eigenvalue weighted by Crippen LogP contribution is 2.05. The molecule has 14 heavy (non-hydrogen) atoms. The molecule has 0 aliphatic heterocycles. The molecule has 0 spiro atoms. The van der Waals surface area contributed by atoms with Crippen LogP contribution in [0, 0.1) is 0 Å². The van der Waals surface area contributed by atoms with Gasteiger partial charge in [-0.05, 0) is 20.8 Å². The van der Waals surface area contributed by atoms with E-state index in [1.165, 1.54) is 0 Å². The van der Waals surface area contributed by atoms with Crippen molar-refractivity contribution in [1.29, 1.82) is 0 Å². The number of hydrogen-bond acceptors (Lipinski definition) is 4. The minimum Gasteiger partial charge on any atom is -0.444 e. The fourth-order valence-electron chi connectivity index (χ4n) is 0.596. The van der Waals surface area contributed by atoms with Crippen molar-refractivity contribution < 1.29 is 22.5 Å². The third-order valence-electron chi connectivity index (χ3n) is 1.03. The molecule has 0 heterocycles. The number of rotatable bonds is 3. The van der Waals surface area contributed by atoms with Crippen LogP contribution in [0.25, 0.3) is 0 Å². The lowest BCUT2D eigenvalue weighted by Gasteiger charge is -2.19.